The van der Waals surface area contributed by atoms with Gasteiger partial charge in [-0.2, -0.15) is 0 Å². The van der Waals surface area contributed by atoms with Gasteiger partial charge in [-0.05, 0) is 5.92 Å². The van der Waals surface area contributed by atoms with Crippen LogP contribution in [-0.4, -0.2) is 14.4 Å². The van der Waals surface area contributed by atoms with E-state index in [9.17, 15) is 0 Å². The topological polar surface area (TPSA) is 56.2 Å². The van der Waals surface area contributed by atoms with Crippen LogP contribution in [0, 0.1) is 12.3 Å². The third-order valence-corrected chi connectivity index (χ3v) is 1.59. The standard InChI is InChI=1S/C8H6N4/c1-2-6-8(9)11-7-5-10-3-4-12(6)7/h1,3-5H,9H2. The van der Waals surface area contributed by atoms with E-state index in [1.54, 1.807) is 23.0 Å². The number of fused-ring (bicyclic) bond motifs is 1. The summed E-state index contributed by atoms with van der Waals surface area (Å²) in [4.78, 5) is 7.91. The zero-order valence-corrected chi connectivity index (χ0v) is 6.23. The molecule has 0 bridgehead atoms. The molecule has 12 heavy (non-hydrogen) atoms. The van der Waals surface area contributed by atoms with Crippen molar-refractivity contribution in [3.63, 3.8) is 0 Å². The predicted molar refractivity (Wildman–Crippen MR) is 45.3 cm³/mol. The van der Waals surface area contributed by atoms with E-state index in [0.717, 1.165) is 0 Å². The molecule has 2 aromatic rings. The molecule has 4 nitrogen and oxygen atoms in total. The summed E-state index contributed by atoms with van der Waals surface area (Å²) in [5.41, 5.74) is 6.81. The number of nitrogen functional groups attached to an aromatic ring is 1. The molecule has 0 fully saturated rings. The highest BCUT2D eigenvalue weighted by Crippen LogP contribution is 2.11. The van der Waals surface area contributed by atoms with Crippen molar-refractivity contribution in [2.24, 2.45) is 0 Å². The normalized spacial score (nSPS) is 9.92. The molecule has 2 heterocycles. The average Bonchev–Trinajstić information content (AvgIpc) is 2.40. The lowest BCUT2D eigenvalue weighted by Crippen LogP contribution is -1.90. The Morgan fingerprint density at radius 2 is 2.42 bits per heavy atom. The lowest BCUT2D eigenvalue weighted by molar-refractivity contribution is 1.11. The van der Waals surface area contributed by atoms with Crippen LogP contribution in [0.15, 0.2) is 18.6 Å². The molecule has 0 saturated heterocycles. The Bertz CT molecular complexity index is 463. The number of terminal acetylenes is 1. The molecule has 0 aliphatic rings. The molecule has 0 radical (unpaired) electrons. The van der Waals surface area contributed by atoms with Crippen molar-refractivity contribution in [3.05, 3.63) is 24.3 Å². The molecule has 2 aromatic heterocycles. The van der Waals surface area contributed by atoms with E-state index in [-0.39, 0.29) is 0 Å². The average molecular weight is 158 g/mol. The first-order valence-electron chi connectivity index (χ1n) is 3.37. The Morgan fingerprint density at radius 1 is 1.58 bits per heavy atom. The number of nitrogens with zero attached hydrogens (tertiary/aromatic N) is 3. The molecule has 0 atom stereocenters. The molecular weight excluding hydrogens is 152 g/mol. The van der Waals surface area contributed by atoms with Gasteiger partial charge in [0.2, 0.25) is 0 Å². The van der Waals surface area contributed by atoms with E-state index >= 15 is 0 Å². The number of hydrogen-bond donors (Lipinski definition) is 1. The molecule has 0 spiro atoms. The van der Waals surface area contributed by atoms with E-state index in [2.05, 4.69) is 15.9 Å². The van der Waals surface area contributed by atoms with Crippen molar-refractivity contribution in [2.45, 2.75) is 0 Å². The minimum Gasteiger partial charge on any atom is -0.381 e. The van der Waals surface area contributed by atoms with E-state index in [1.807, 2.05) is 0 Å². The highest BCUT2D eigenvalue weighted by Gasteiger charge is 2.04. The van der Waals surface area contributed by atoms with Crippen molar-refractivity contribution in [1.29, 1.82) is 0 Å². The first kappa shape index (κ1) is 6.68. The van der Waals surface area contributed by atoms with Crippen LogP contribution in [0.1, 0.15) is 5.69 Å². The number of hydrogen-bond acceptors (Lipinski definition) is 3. The predicted octanol–water partition coefficient (Wildman–Crippen LogP) is 0.293. The molecule has 0 aliphatic heterocycles. The van der Waals surface area contributed by atoms with Crippen LogP contribution in [0.3, 0.4) is 0 Å². The SMILES string of the molecule is C#Cc1c(N)nc2cnccn12. The zero-order chi connectivity index (χ0) is 8.55. The molecule has 58 valence electrons. The second kappa shape index (κ2) is 2.24. The number of rotatable bonds is 0. The van der Waals surface area contributed by atoms with Gasteiger partial charge in [-0.15, -0.1) is 6.42 Å². The Morgan fingerprint density at radius 3 is 3.17 bits per heavy atom. The maximum Gasteiger partial charge on any atom is 0.159 e. The van der Waals surface area contributed by atoms with Crippen molar-refractivity contribution in [1.82, 2.24) is 14.4 Å². The minimum atomic E-state index is 0.366. The summed E-state index contributed by atoms with van der Waals surface area (Å²) in [6, 6.07) is 0. The molecule has 2 rings (SSSR count). The van der Waals surface area contributed by atoms with Crippen molar-refractivity contribution in [2.75, 3.05) is 5.73 Å². The summed E-state index contributed by atoms with van der Waals surface area (Å²) < 4.78 is 1.72. The number of nitrogens with two attached hydrogens (primary N) is 1. The lowest BCUT2D eigenvalue weighted by Gasteiger charge is -1.91. The maximum absolute atomic E-state index is 5.56. The quantitative estimate of drug-likeness (QED) is 0.561. The van der Waals surface area contributed by atoms with E-state index < -0.39 is 0 Å². The smallest absolute Gasteiger partial charge is 0.159 e. The van der Waals surface area contributed by atoms with Crippen molar-refractivity contribution >= 4 is 11.5 Å². The minimum absolute atomic E-state index is 0.366. The summed E-state index contributed by atoms with van der Waals surface area (Å²) in [5.74, 6) is 2.83. The van der Waals surface area contributed by atoms with Crippen LogP contribution < -0.4 is 5.73 Å². The Kier molecular flexibility index (Phi) is 1.25. The summed E-state index contributed by atoms with van der Waals surface area (Å²) in [6.45, 7) is 0. The van der Waals surface area contributed by atoms with Crippen LogP contribution in [-0.2, 0) is 0 Å². The summed E-state index contributed by atoms with van der Waals surface area (Å²) in [5, 5.41) is 0. The van der Waals surface area contributed by atoms with Crippen LogP contribution in [0.4, 0.5) is 5.82 Å². The molecule has 0 unspecified atom stereocenters. The fraction of sp³-hybridized carbons (Fsp3) is 0. The lowest BCUT2D eigenvalue weighted by atomic mass is 10.4. The van der Waals surface area contributed by atoms with Gasteiger partial charge in [-0.1, -0.05) is 0 Å². The summed E-state index contributed by atoms with van der Waals surface area (Å²) >= 11 is 0. The molecular formula is C8H6N4. The molecule has 0 saturated carbocycles. The summed E-state index contributed by atoms with van der Waals surface area (Å²) in [6.07, 6.45) is 10.2. The monoisotopic (exact) mass is 158 g/mol. The number of imidazole rings is 1. The highest BCUT2D eigenvalue weighted by atomic mass is 15.1. The van der Waals surface area contributed by atoms with Crippen LogP contribution >= 0.6 is 0 Å². The van der Waals surface area contributed by atoms with Crippen LogP contribution in [0.5, 0.6) is 0 Å². The third-order valence-electron chi connectivity index (χ3n) is 1.59. The molecule has 4 heteroatoms. The Labute approximate surface area is 69.1 Å². The van der Waals surface area contributed by atoms with Gasteiger partial charge < -0.3 is 5.73 Å². The van der Waals surface area contributed by atoms with Gasteiger partial charge >= 0.3 is 0 Å². The van der Waals surface area contributed by atoms with Gasteiger partial charge in [0.15, 0.2) is 11.5 Å². The first-order chi connectivity index (χ1) is 5.83. The second-order valence-corrected chi connectivity index (χ2v) is 2.29. The van der Waals surface area contributed by atoms with E-state index in [4.69, 9.17) is 12.2 Å². The van der Waals surface area contributed by atoms with Gasteiger partial charge in [-0.3, -0.25) is 9.38 Å². The van der Waals surface area contributed by atoms with Gasteiger partial charge in [0.1, 0.15) is 5.69 Å². The van der Waals surface area contributed by atoms with Gasteiger partial charge in [-0.25, -0.2) is 4.98 Å². The molecule has 0 amide bonds. The molecule has 2 N–H and O–H groups in total. The fourth-order valence-corrected chi connectivity index (χ4v) is 1.07. The maximum atomic E-state index is 5.56. The summed E-state index contributed by atoms with van der Waals surface area (Å²) in [7, 11) is 0. The van der Waals surface area contributed by atoms with Crippen molar-refractivity contribution in [3.8, 4) is 12.3 Å². The second-order valence-electron chi connectivity index (χ2n) is 2.29. The number of anilines is 1. The highest BCUT2D eigenvalue weighted by molar-refractivity contribution is 5.56. The van der Waals surface area contributed by atoms with E-state index in [1.165, 1.54) is 0 Å². The van der Waals surface area contributed by atoms with Gasteiger partial charge in [0.05, 0.1) is 6.20 Å². The largest absolute Gasteiger partial charge is 0.381 e. The third kappa shape index (κ3) is 0.736. The van der Waals surface area contributed by atoms with Gasteiger partial charge in [0.25, 0.3) is 0 Å². The first-order valence-corrected chi connectivity index (χ1v) is 3.37. The molecule has 0 aromatic carbocycles. The van der Waals surface area contributed by atoms with Crippen LogP contribution in [0.2, 0.25) is 0 Å². The molecule has 0 aliphatic carbocycles. The Balaban J connectivity index is 2.93. The van der Waals surface area contributed by atoms with Crippen molar-refractivity contribution < 1.29 is 0 Å². The number of aromatic nitrogens is 3. The van der Waals surface area contributed by atoms with Gasteiger partial charge in [0, 0.05) is 12.4 Å². The zero-order valence-electron chi connectivity index (χ0n) is 6.23. The Hall–Kier alpha value is -2.02. The fourth-order valence-electron chi connectivity index (χ4n) is 1.07. The van der Waals surface area contributed by atoms with E-state index in [0.29, 0.717) is 17.2 Å². The van der Waals surface area contributed by atoms with Crippen LogP contribution in [0.25, 0.3) is 5.65 Å².